The molecule has 2 amide bonds. The highest BCUT2D eigenvalue weighted by molar-refractivity contribution is 5.90. The predicted octanol–water partition coefficient (Wildman–Crippen LogP) is 3.09. The van der Waals surface area contributed by atoms with Gasteiger partial charge in [0.25, 0.3) is 0 Å². The Labute approximate surface area is 118 Å². The molecule has 0 aliphatic rings. The quantitative estimate of drug-likeness (QED) is 0.723. The number of nitrogens with one attached hydrogen (secondary N) is 2. The third kappa shape index (κ3) is 5.56. The van der Waals surface area contributed by atoms with E-state index in [1.54, 1.807) is 24.3 Å². The van der Waals surface area contributed by atoms with Crippen molar-refractivity contribution in [2.24, 2.45) is 0 Å². The minimum absolute atomic E-state index is 0.256. The van der Waals surface area contributed by atoms with Crippen LogP contribution < -0.4 is 10.6 Å². The molecule has 5 nitrogen and oxygen atoms in total. The lowest BCUT2D eigenvalue weighted by molar-refractivity contribution is -0.131. The van der Waals surface area contributed by atoms with Gasteiger partial charge in [-0.05, 0) is 44.0 Å². The number of hydrogen-bond acceptors (Lipinski definition) is 2. The lowest BCUT2D eigenvalue weighted by Gasteiger charge is -2.24. The molecule has 0 aliphatic carbocycles. The number of rotatable bonds is 5. The van der Waals surface area contributed by atoms with Crippen LogP contribution >= 0.6 is 0 Å². The molecule has 0 bridgehead atoms. The Hall–Kier alpha value is -2.30. The smallest absolute Gasteiger partial charge is 0.328 e. The molecule has 108 valence electrons. The van der Waals surface area contributed by atoms with Gasteiger partial charge in [0.05, 0.1) is 0 Å². The fraction of sp³-hybridized carbons (Fsp3) is 0.333. The Morgan fingerprint density at radius 2 is 1.85 bits per heavy atom. The summed E-state index contributed by atoms with van der Waals surface area (Å²) in [6.45, 7) is 5.91. The van der Waals surface area contributed by atoms with E-state index >= 15 is 0 Å². The standard InChI is InChI=1S/C15H20N2O3/c1-4-15(2,3)17-14(20)16-12-8-5-11(6-9-12)7-10-13(18)19/h5-10H,4H2,1-3H3,(H,18,19)(H2,16,17,20)/b10-7+. The average Bonchev–Trinajstić information content (AvgIpc) is 2.37. The highest BCUT2D eigenvalue weighted by Gasteiger charge is 2.17. The summed E-state index contributed by atoms with van der Waals surface area (Å²) in [5, 5.41) is 14.1. The van der Waals surface area contributed by atoms with Crippen LogP contribution in [0.3, 0.4) is 0 Å². The zero-order valence-corrected chi connectivity index (χ0v) is 11.9. The normalized spacial score (nSPS) is 11.3. The van der Waals surface area contributed by atoms with Crippen LogP contribution in [0.5, 0.6) is 0 Å². The molecule has 0 saturated heterocycles. The number of carbonyl (C=O) groups excluding carboxylic acids is 1. The molecule has 20 heavy (non-hydrogen) atoms. The summed E-state index contributed by atoms with van der Waals surface area (Å²) in [7, 11) is 0. The van der Waals surface area contributed by atoms with E-state index in [1.165, 1.54) is 6.08 Å². The molecule has 0 saturated carbocycles. The zero-order valence-electron chi connectivity index (χ0n) is 11.9. The number of amides is 2. The van der Waals surface area contributed by atoms with Gasteiger partial charge in [-0.2, -0.15) is 0 Å². The number of hydrogen-bond donors (Lipinski definition) is 3. The second-order valence-corrected chi connectivity index (χ2v) is 5.11. The molecule has 1 aromatic rings. The number of benzene rings is 1. The van der Waals surface area contributed by atoms with E-state index in [9.17, 15) is 9.59 Å². The van der Waals surface area contributed by atoms with Crippen LogP contribution in [0.15, 0.2) is 30.3 Å². The monoisotopic (exact) mass is 276 g/mol. The van der Waals surface area contributed by atoms with E-state index in [-0.39, 0.29) is 11.6 Å². The number of carbonyl (C=O) groups is 2. The van der Waals surface area contributed by atoms with Crippen molar-refractivity contribution in [1.82, 2.24) is 5.32 Å². The summed E-state index contributed by atoms with van der Waals surface area (Å²) in [4.78, 5) is 22.2. The second-order valence-electron chi connectivity index (χ2n) is 5.11. The van der Waals surface area contributed by atoms with E-state index in [0.717, 1.165) is 18.1 Å². The van der Waals surface area contributed by atoms with Gasteiger partial charge in [0.2, 0.25) is 0 Å². The topological polar surface area (TPSA) is 78.4 Å². The maximum atomic E-state index is 11.8. The summed E-state index contributed by atoms with van der Waals surface area (Å²) in [5.41, 5.74) is 1.16. The first kappa shape index (κ1) is 15.8. The van der Waals surface area contributed by atoms with Gasteiger partial charge in [-0.15, -0.1) is 0 Å². The minimum Gasteiger partial charge on any atom is -0.478 e. The summed E-state index contributed by atoms with van der Waals surface area (Å²) in [6.07, 6.45) is 3.39. The van der Waals surface area contributed by atoms with Crippen LogP contribution in [0.4, 0.5) is 10.5 Å². The summed E-state index contributed by atoms with van der Waals surface area (Å²) < 4.78 is 0. The number of urea groups is 1. The molecule has 0 aromatic heterocycles. The van der Waals surface area contributed by atoms with Gasteiger partial charge in [0.1, 0.15) is 0 Å². The number of aliphatic carboxylic acids is 1. The molecule has 0 heterocycles. The molecule has 1 rings (SSSR count). The number of carboxylic acids is 1. The Morgan fingerprint density at radius 1 is 1.25 bits per heavy atom. The van der Waals surface area contributed by atoms with Crippen molar-refractivity contribution in [2.45, 2.75) is 32.7 Å². The molecule has 0 spiro atoms. The van der Waals surface area contributed by atoms with E-state index in [2.05, 4.69) is 10.6 Å². The van der Waals surface area contributed by atoms with Gasteiger partial charge in [0, 0.05) is 17.3 Å². The largest absolute Gasteiger partial charge is 0.478 e. The lowest BCUT2D eigenvalue weighted by Crippen LogP contribution is -2.45. The van der Waals surface area contributed by atoms with Crippen LogP contribution in [-0.4, -0.2) is 22.6 Å². The summed E-state index contributed by atoms with van der Waals surface area (Å²) >= 11 is 0. The highest BCUT2D eigenvalue weighted by atomic mass is 16.4. The molecular formula is C15H20N2O3. The van der Waals surface area contributed by atoms with Crippen LogP contribution in [0.2, 0.25) is 0 Å². The van der Waals surface area contributed by atoms with Gasteiger partial charge in [-0.25, -0.2) is 9.59 Å². The van der Waals surface area contributed by atoms with Crippen molar-refractivity contribution < 1.29 is 14.7 Å². The predicted molar refractivity (Wildman–Crippen MR) is 79.6 cm³/mol. The third-order valence-electron chi connectivity index (χ3n) is 2.92. The Kier molecular flexibility index (Phi) is 5.32. The maximum Gasteiger partial charge on any atom is 0.328 e. The van der Waals surface area contributed by atoms with Gasteiger partial charge >= 0.3 is 12.0 Å². The fourth-order valence-corrected chi connectivity index (χ4v) is 1.40. The van der Waals surface area contributed by atoms with Crippen molar-refractivity contribution in [3.63, 3.8) is 0 Å². The molecular weight excluding hydrogens is 256 g/mol. The first-order valence-corrected chi connectivity index (χ1v) is 6.42. The van der Waals surface area contributed by atoms with E-state index in [0.29, 0.717) is 5.69 Å². The van der Waals surface area contributed by atoms with Crippen LogP contribution in [0, 0.1) is 0 Å². The van der Waals surface area contributed by atoms with Crippen LogP contribution in [-0.2, 0) is 4.79 Å². The zero-order chi connectivity index (χ0) is 15.2. The molecule has 0 aliphatic heterocycles. The molecule has 0 radical (unpaired) electrons. The second kappa shape index (κ2) is 6.75. The SMILES string of the molecule is CCC(C)(C)NC(=O)Nc1ccc(/C=C/C(=O)O)cc1. The molecule has 3 N–H and O–H groups in total. The first-order chi connectivity index (χ1) is 9.32. The molecule has 0 unspecified atom stereocenters. The van der Waals surface area contributed by atoms with Crippen molar-refractivity contribution in [1.29, 1.82) is 0 Å². The Bertz CT molecular complexity index is 504. The lowest BCUT2D eigenvalue weighted by atomic mass is 10.0. The first-order valence-electron chi connectivity index (χ1n) is 6.42. The molecule has 0 atom stereocenters. The van der Waals surface area contributed by atoms with Crippen molar-refractivity contribution in [3.05, 3.63) is 35.9 Å². The summed E-state index contributed by atoms with van der Waals surface area (Å²) in [5.74, 6) is -0.992. The fourth-order valence-electron chi connectivity index (χ4n) is 1.40. The van der Waals surface area contributed by atoms with Crippen molar-refractivity contribution in [2.75, 3.05) is 5.32 Å². The maximum absolute atomic E-state index is 11.8. The number of anilines is 1. The van der Waals surface area contributed by atoms with Gasteiger partial charge in [-0.1, -0.05) is 19.1 Å². The minimum atomic E-state index is -0.992. The third-order valence-corrected chi connectivity index (χ3v) is 2.92. The Morgan fingerprint density at radius 3 is 2.35 bits per heavy atom. The van der Waals surface area contributed by atoms with Crippen molar-refractivity contribution in [3.8, 4) is 0 Å². The Balaban J connectivity index is 2.61. The van der Waals surface area contributed by atoms with Crippen molar-refractivity contribution >= 4 is 23.8 Å². The van der Waals surface area contributed by atoms with E-state index < -0.39 is 5.97 Å². The van der Waals surface area contributed by atoms with Gasteiger partial charge < -0.3 is 15.7 Å². The van der Waals surface area contributed by atoms with E-state index in [4.69, 9.17) is 5.11 Å². The van der Waals surface area contributed by atoms with Crippen LogP contribution in [0.1, 0.15) is 32.8 Å². The van der Waals surface area contributed by atoms with Gasteiger partial charge in [0.15, 0.2) is 0 Å². The summed E-state index contributed by atoms with van der Waals surface area (Å²) in [6, 6.07) is 6.66. The highest BCUT2D eigenvalue weighted by Crippen LogP contribution is 2.12. The average molecular weight is 276 g/mol. The van der Waals surface area contributed by atoms with E-state index in [1.807, 2.05) is 20.8 Å². The van der Waals surface area contributed by atoms with Gasteiger partial charge in [-0.3, -0.25) is 0 Å². The molecule has 1 aromatic carbocycles. The number of carboxylic acid groups (broad SMARTS) is 1. The molecule has 0 fully saturated rings. The molecule has 5 heteroatoms. The van der Waals surface area contributed by atoms with Crippen LogP contribution in [0.25, 0.3) is 6.08 Å².